The largest absolute Gasteiger partial charge is 0.491 e. The Hall–Kier alpha value is -0.690. The summed E-state index contributed by atoms with van der Waals surface area (Å²) in [5, 5.41) is 13.6. The first-order valence-corrected chi connectivity index (χ1v) is 9.07. The summed E-state index contributed by atoms with van der Waals surface area (Å²) in [4.78, 5) is 0. The number of rotatable bonds is 7. The number of ether oxygens (including phenoxy) is 1. The zero-order valence-corrected chi connectivity index (χ0v) is 14.2. The molecule has 0 radical (unpaired) electrons. The molecule has 112 valence electrons. The van der Waals surface area contributed by atoms with Crippen molar-refractivity contribution in [3.8, 4) is 5.75 Å². The van der Waals surface area contributed by atoms with E-state index < -0.39 is 0 Å². The van der Waals surface area contributed by atoms with Crippen LogP contribution in [0.3, 0.4) is 0 Å². The highest BCUT2D eigenvalue weighted by molar-refractivity contribution is 8.01. The molecule has 21 heavy (non-hydrogen) atoms. The first-order chi connectivity index (χ1) is 10.2. The Balaban J connectivity index is 1.42. The van der Waals surface area contributed by atoms with Gasteiger partial charge in [-0.3, -0.25) is 0 Å². The molecule has 0 atom stereocenters. The molecule has 4 nitrogen and oxygen atoms in total. The summed E-state index contributed by atoms with van der Waals surface area (Å²) in [5.74, 6) is 1.44. The van der Waals surface area contributed by atoms with Crippen LogP contribution in [0.1, 0.15) is 12.8 Å². The minimum Gasteiger partial charge on any atom is -0.491 e. The van der Waals surface area contributed by atoms with E-state index in [0.29, 0.717) is 28.4 Å². The number of aromatic nitrogens is 2. The van der Waals surface area contributed by atoms with Crippen LogP contribution in [0.25, 0.3) is 0 Å². The van der Waals surface area contributed by atoms with Gasteiger partial charge in [0, 0.05) is 16.8 Å². The SMILES string of the molecule is Clc1ccc(OCCSc2nnc(NC3CC3)s2)c(Cl)c1. The summed E-state index contributed by atoms with van der Waals surface area (Å²) in [5.41, 5.74) is 0. The highest BCUT2D eigenvalue weighted by atomic mass is 35.5. The van der Waals surface area contributed by atoms with Crippen LogP contribution in [0.2, 0.25) is 10.0 Å². The zero-order valence-electron chi connectivity index (χ0n) is 11.0. The molecule has 0 bridgehead atoms. The molecule has 2 aromatic rings. The Morgan fingerprint density at radius 1 is 1.33 bits per heavy atom. The fourth-order valence-corrected chi connectivity index (χ4v) is 3.78. The van der Waals surface area contributed by atoms with E-state index in [9.17, 15) is 0 Å². The second kappa shape index (κ2) is 7.05. The molecular weight excluding hydrogens is 349 g/mol. The molecule has 1 heterocycles. The van der Waals surface area contributed by atoms with E-state index in [0.717, 1.165) is 15.2 Å². The van der Waals surface area contributed by atoms with Crippen LogP contribution in [0.4, 0.5) is 5.13 Å². The van der Waals surface area contributed by atoms with Gasteiger partial charge in [0.05, 0.1) is 11.6 Å². The quantitative estimate of drug-likeness (QED) is 0.577. The standard InChI is InChI=1S/C13H13Cl2N3OS2/c14-8-1-4-11(10(15)7-8)19-5-6-20-13-18-17-12(21-13)16-9-2-3-9/h1,4,7,9H,2-3,5-6H2,(H,16,17). The number of benzene rings is 1. The second-order valence-corrected chi connectivity index (χ2v) is 7.73. The van der Waals surface area contributed by atoms with Crippen molar-refractivity contribution in [2.75, 3.05) is 17.7 Å². The predicted octanol–water partition coefficient (Wildman–Crippen LogP) is 4.59. The molecule has 1 fully saturated rings. The fourth-order valence-electron chi connectivity index (χ4n) is 1.60. The van der Waals surface area contributed by atoms with E-state index >= 15 is 0 Å². The normalized spacial score (nSPS) is 14.2. The highest BCUT2D eigenvalue weighted by Crippen LogP contribution is 2.31. The van der Waals surface area contributed by atoms with Crippen molar-refractivity contribution < 1.29 is 4.74 Å². The Bertz CT molecular complexity index is 619. The number of hydrogen-bond acceptors (Lipinski definition) is 6. The molecule has 0 aliphatic heterocycles. The van der Waals surface area contributed by atoms with Crippen LogP contribution in [0.5, 0.6) is 5.75 Å². The molecular formula is C13H13Cl2N3OS2. The van der Waals surface area contributed by atoms with Crippen LogP contribution in [-0.2, 0) is 0 Å². The van der Waals surface area contributed by atoms with Gasteiger partial charge in [0.15, 0.2) is 4.34 Å². The van der Waals surface area contributed by atoms with Crippen LogP contribution in [-0.4, -0.2) is 28.6 Å². The molecule has 3 rings (SSSR count). The number of nitrogens with zero attached hydrogens (tertiary/aromatic N) is 2. The van der Waals surface area contributed by atoms with Crippen molar-refractivity contribution in [3.05, 3.63) is 28.2 Å². The average Bonchev–Trinajstić information content (AvgIpc) is 3.15. The third kappa shape index (κ3) is 4.64. The van der Waals surface area contributed by atoms with Gasteiger partial charge in [-0.25, -0.2) is 0 Å². The topological polar surface area (TPSA) is 47.0 Å². The third-order valence-electron chi connectivity index (χ3n) is 2.77. The number of thioether (sulfide) groups is 1. The number of halogens is 2. The van der Waals surface area contributed by atoms with E-state index in [1.54, 1.807) is 41.3 Å². The Morgan fingerprint density at radius 3 is 2.95 bits per heavy atom. The Morgan fingerprint density at radius 2 is 2.19 bits per heavy atom. The molecule has 1 N–H and O–H groups in total. The maximum Gasteiger partial charge on any atom is 0.206 e. The van der Waals surface area contributed by atoms with Crippen molar-refractivity contribution in [2.45, 2.75) is 23.2 Å². The molecule has 1 aliphatic carbocycles. The van der Waals surface area contributed by atoms with Crippen molar-refractivity contribution >= 4 is 51.4 Å². The maximum atomic E-state index is 6.04. The minimum absolute atomic E-state index is 0.527. The zero-order chi connectivity index (χ0) is 14.7. The molecule has 1 aliphatic rings. The van der Waals surface area contributed by atoms with Crippen molar-refractivity contribution in [1.29, 1.82) is 0 Å². The van der Waals surface area contributed by atoms with Crippen molar-refractivity contribution in [2.24, 2.45) is 0 Å². The van der Waals surface area contributed by atoms with Gasteiger partial charge < -0.3 is 10.1 Å². The number of anilines is 1. The van der Waals surface area contributed by atoms with Crippen LogP contribution < -0.4 is 10.1 Å². The summed E-state index contributed by atoms with van der Waals surface area (Å²) in [6.07, 6.45) is 2.47. The third-order valence-corrected chi connectivity index (χ3v) is 5.25. The van der Waals surface area contributed by atoms with Gasteiger partial charge in [0.2, 0.25) is 5.13 Å². The number of nitrogens with one attached hydrogen (secondary N) is 1. The van der Waals surface area contributed by atoms with Gasteiger partial charge in [0.25, 0.3) is 0 Å². The summed E-state index contributed by atoms with van der Waals surface area (Å²) in [6.45, 7) is 0.553. The van der Waals surface area contributed by atoms with Gasteiger partial charge >= 0.3 is 0 Å². The molecule has 0 unspecified atom stereocenters. The summed E-state index contributed by atoms with van der Waals surface area (Å²) in [6, 6.07) is 5.81. The second-order valence-electron chi connectivity index (χ2n) is 4.56. The summed E-state index contributed by atoms with van der Waals surface area (Å²) in [7, 11) is 0. The van der Waals surface area contributed by atoms with Crippen LogP contribution >= 0.6 is 46.3 Å². The van der Waals surface area contributed by atoms with Gasteiger partial charge in [-0.1, -0.05) is 46.3 Å². The average molecular weight is 362 g/mol. The molecule has 8 heteroatoms. The summed E-state index contributed by atoms with van der Waals surface area (Å²) >= 11 is 15.1. The van der Waals surface area contributed by atoms with Crippen LogP contribution in [0.15, 0.2) is 22.5 Å². The van der Waals surface area contributed by atoms with E-state index in [1.807, 2.05) is 0 Å². The lowest BCUT2D eigenvalue weighted by atomic mass is 10.3. The molecule has 0 saturated heterocycles. The lowest BCUT2D eigenvalue weighted by molar-refractivity contribution is 0.344. The van der Waals surface area contributed by atoms with E-state index in [2.05, 4.69) is 15.5 Å². The van der Waals surface area contributed by atoms with Gasteiger partial charge in [-0.05, 0) is 31.0 Å². The lowest BCUT2D eigenvalue weighted by Gasteiger charge is -2.07. The minimum atomic E-state index is 0.527. The first-order valence-electron chi connectivity index (χ1n) is 6.51. The molecule has 1 aromatic carbocycles. The van der Waals surface area contributed by atoms with E-state index in [-0.39, 0.29) is 0 Å². The van der Waals surface area contributed by atoms with Crippen molar-refractivity contribution in [1.82, 2.24) is 10.2 Å². The van der Waals surface area contributed by atoms with Gasteiger partial charge in [0.1, 0.15) is 5.75 Å². The van der Waals surface area contributed by atoms with Crippen LogP contribution in [0, 0.1) is 0 Å². The molecule has 0 spiro atoms. The first kappa shape index (κ1) is 15.2. The summed E-state index contributed by atoms with van der Waals surface area (Å²) < 4.78 is 6.57. The Labute approximate surface area is 141 Å². The van der Waals surface area contributed by atoms with Gasteiger partial charge in [-0.15, -0.1) is 10.2 Å². The predicted molar refractivity (Wildman–Crippen MR) is 89.2 cm³/mol. The van der Waals surface area contributed by atoms with E-state index in [1.165, 1.54) is 12.8 Å². The highest BCUT2D eigenvalue weighted by Gasteiger charge is 2.22. The monoisotopic (exact) mass is 361 g/mol. The van der Waals surface area contributed by atoms with Gasteiger partial charge in [-0.2, -0.15) is 0 Å². The Kier molecular flexibility index (Phi) is 5.11. The fraction of sp³-hybridized carbons (Fsp3) is 0.385. The molecule has 1 saturated carbocycles. The lowest BCUT2D eigenvalue weighted by Crippen LogP contribution is -2.00. The molecule has 1 aromatic heterocycles. The number of hydrogen-bond donors (Lipinski definition) is 1. The smallest absolute Gasteiger partial charge is 0.206 e. The molecule has 0 amide bonds. The maximum absolute atomic E-state index is 6.04. The van der Waals surface area contributed by atoms with Crippen molar-refractivity contribution in [3.63, 3.8) is 0 Å². The van der Waals surface area contributed by atoms with E-state index in [4.69, 9.17) is 27.9 Å².